The van der Waals surface area contributed by atoms with Crippen LogP contribution in [0.15, 0.2) is 36.4 Å². The number of nitrogens with zero attached hydrogens (tertiary/aromatic N) is 1. The van der Waals surface area contributed by atoms with E-state index in [1.807, 2.05) is 18.2 Å². The monoisotopic (exact) mass is 308 g/mol. The molecule has 0 saturated heterocycles. The quantitative estimate of drug-likeness (QED) is 0.830. The number of hydrogen-bond acceptors (Lipinski definition) is 3. The van der Waals surface area contributed by atoms with Crippen LogP contribution in [0.3, 0.4) is 0 Å². The normalized spacial score (nSPS) is 12.1. The zero-order valence-electron chi connectivity index (χ0n) is 12.2. The van der Waals surface area contributed by atoms with Crippen molar-refractivity contribution in [1.29, 1.82) is 0 Å². The molecule has 1 aromatic heterocycles. The molecule has 20 heavy (non-hydrogen) atoms. The summed E-state index contributed by atoms with van der Waals surface area (Å²) in [6.07, 6.45) is 0. The van der Waals surface area contributed by atoms with Crippen LogP contribution >= 0.6 is 22.9 Å². The number of anilines is 1. The third-order valence-electron chi connectivity index (χ3n) is 3.41. The van der Waals surface area contributed by atoms with Gasteiger partial charge in [-0.3, -0.25) is 0 Å². The summed E-state index contributed by atoms with van der Waals surface area (Å²) in [5.41, 5.74) is 7.96. The molecule has 0 spiro atoms. The van der Waals surface area contributed by atoms with E-state index in [4.69, 9.17) is 17.3 Å². The Hall–Kier alpha value is -1.03. The number of rotatable bonds is 5. The van der Waals surface area contributed by atoms with E-state index in [1.165, 1.54) is 10.4 Å². The maximum Gasteiger partial charge on any atom is 0.0931 e. The molecular formula is C16H21ClN2S. The SMILES string of the molecule is CN(Cc1ccc(Cl)s1)CC(C)(C)c1ccc(N)cc1. The maximum atomic E-state index is 5.98. The van der Waals surface area contributed by atoms with E-state index in [-0.39, 0.29) is 5.41 Å². The molecular weight excluding hydrogens is 288 g/mol. The first-order chi connectivity index (χ1) is 9.37. The summed E-state index contributed by atoms with van der Waals surface area (Å²) >= 11 is 7.62. The summed E-state index contributed by atoms with van der Waals surface area (Å²) in [7, 11) is 2.15. The Kier molecular flexibility index (Phi) is 4.74. The zero-order chi connectivity index (χ0) is 14.8. The number of thiophene rings is 1. The van der Waals surface area contributed by atoms with Crippen LogP contribution in [0, 0.1) is 0 Å². The van der Waals surface area contributed by atoms with Crippen molar-refractivity contribution in [2.45, 2.75) is 25.8 Å². The lowest BCUT2D eigenvalue weighted by molar-refractivity contribution is 0.263. The van der Waals surface area contributed by atoms with Crippen molar-refractivity contribution in [1.82, 2.24) is 4.90 Å². The van der Waals surface area contributed by atoms with Crippen LogP contribution in [0.5, 0.6) is 0 Å². The van der Waals surface area contributed by atoms with E-state index < -0.39 is 0 Å². The predicted molar refractivity (Wildman–Crippen MR) is 89.5 cm³/mol. The molecule has 1 heterocycles. The highest BCUT2D eigenvalue weighted by molar-refractivity contribution is 7.16. The number of benzene rings is 1. The Morgan fingerprint density at radius 1 is 1.15 bits per heavy atom. The molecule has 2 N–H and O–H groups in total. The lowest BCUT2D eigenvalue weighted by atomic mass is 9.84. The Morgan fingerprint density at radius 2 is 1.80 bits per heavy atom. The highest BCUT2D eigenvalue weighted by Gasteiger charge is 2.22. The Labute approximate surface area is 130 Å². The molecule has 0 saturated carbocycles. The molecule has 0 unspecified atom stereocenters. The molecule has 2 nitrogen and oxygen atoms in total. The molecule has 1 aromatic carbocycles. The van der Waals surface area contributed by atoms with E-state index in [0.717, 1.165) is 23.1 Å². The maximum absolute atomic E-state index is 5.98. The fourth-order valence-electron chi connectivity index (χ4n) is 2.46. The Bertz CT molecular complexity index is 560. The average Bonchev–Trinajstić information content (AvgIpc) is 2.74. The lowest BCUT2D eigenvalue weighted by Gasteiger charge is -2.30. The highest BCUT2D eigenvalue weighted by atomic mass is 35.5. The van der Waals surface area contributed by atoms with Gasteiger partial charge in [-0.05, 0) is 36.9 Å². The van der Waals surface area contributed by atoms with Gasteiger partial charge in [-0.2, -0.15) is 0 Å². The molecule has 2 aromatic rings. The zero-order valence-corrected chi connectivity index (χ0v) is 13.8. The van der Waals surface area contributed by atoms with Crippen LogP contribution in [0.4, 0.5) is 5.69 Å². The van der Waals surface area contributed by atoms with Crippen molar-refractivity contribution in [2.24, 2.45) is 0 Å². The van der Waals surface area contributed by atoms with Gasteiger partial charge in [-0.15, -0.1) is 11.3 Å². The molecule has 108 valence electrons. The van der Waals surface area contributed by atoms with Gasteiger partial charge in [0.1, 0.15) is 0 Å². The van der Waals surface area contributed by atoms with Gasteiger partial charge in [0.2, 0.25) is 0 Å². The van der Waals surface area contributed by atoms with Crippen LogP contribution in [0.25, 0.3) is 0 Å². The predicted octanol–water partition coefficient (Wildman–Crippen LogP) is 4.39. The van der Waals surface area contributed by atoms with Crippen molar-refractivity contribution in [2.75, 3.05) is 19.3 Å². The van der Waals surface area contributed by atoms with Crippen LogP contribution in [0.2, 0.25) is 4.34 Å². The van der Waals surface area contributed by atoms with Gasteiger partial charge in [-0.25, -0.2) is 0 Å². The summed E-state index contributed by atoms with van der Waals surface area (Å²) in [5.74, 6) is 0. The van der Waals surface area contributed by atoms with Gasteiger partial charge in [0.25, 0.3) is 0 Å². The molecule has 2 rings (SSSR count). The van der Waals surface area contributed by atoms with Gasteiger partial charge in [0.15, 0.2) is 0 Å². The van der Waals surface area contributed by atoms with E-state index in [9.17, 15) is 0 Å². The smallest absolute Gasteiger partial charge is 0.0931 e. The minimum atomic E-state index is 0.0868. The largest absolute Gasteiger partial charge is 0.399 e. The summed E-state index contributed by atoms with van der Waals surface area (Å²) in [4.78, 5) is 3.63. The molecule has 0 aliphatic rings. The van der Waals surface area contributed by atoms with Gasteiger partial charge in [0, 0.05) is 29.1 Å². The van der Waals surface area contributed by atoms with Gasteiger partial charge in [-0.1, -0.05) is 37.6 Å². The lowest BCUT2D eigenvalue weighted by Crippen LogP contribution is -2.34. The van der Waals surface area contributed by atoms with E-state index >= 15 is 0 Å². The van der Waals surface area contributed by atoms with Crippen LogP contribution in [-0.2, 0) is 12.0 Å². The standard InChI is InChI=1S/C16H21ClN2S/c1-16(2,12-4-6-13(18)7-5-12)11-19(3)10-14-8-9-15(17)20-14/h4-9H,10-11,18H2,1-3H3. The fraction of sp³-hybridized carbons (Fsp3) is 0.375. The van der Waals surface area contributed by atoms with Gasteiger partial charge < -0.3 is 10.6 Å². The third kappa shape index (κ3) is 3.98. The first kappa shape index (κ1) is 15.4. The minimum Gasteiger partial charge on any atom is -0.399 e. The second-order valence-electron chi connectivity index (χ2n) is 5.88. The third-order valence-corrected chi connectivity index (χ3v) is 4.63. The molecule has 0 aliphatic carbocycles. The van der Waals surface area contributed by atoms with E-state index in [2.05, 4.69) is 44.0 Å². The van der Waals surface area contributed by atoms with Crippen LogP contribution < -0.4 is 5.73 Å². The van der Waals surface area contributed by atoms with Crippen molar-refractivity contribution >= 4 is 28.6 Å². The van der Waals surface area contributed by atoms with E-state index in [0.29, 0.717) is 0 Å². The molecule has 0 amide bonds. The number of nitrogen functional groups attached to an aromatic ring is 1. The summed E-state index contributed by atoms with van der Waals surface area (Å²) in [5, 5.41) is 0. The first-order valence-corrected chi connectivity index (χ1v) is 7.85. The summed E-state index contributed by atoms with van der Waals surface area (Å²) < 4.78 is 0.853. The second-order valence-corrected chi connectivity index (χ2v) is 7.68. The van der Waals surface area contributed by atoms with Crippen molar-refractivity contribution in [3.05, 3.63) is 51.2 Å². The molecule has 0 atom stereocenters. The number of halogens is 1. The van der Waals surface area contributed by atoms with Crippen molar-refractivity contribution < 1.29 is 0 Å². The number of likely N-dealkylation sites (N-methyl/N-ethyl adjacent to an activating group) is 1. The van der Waals surface area contributed by atoms with E-state index in [1.54, 1.807) is 11.3 Å². The van der Waals surface area contributed by atoms with Gasteiger partial charge >= 0.3 is 0 Å². The Balaban J connectivity index is 2.01. The molecule has 0 radical (unpaired) electrons. The second kappa shape index (κ2) is 6.17. The minimum absolute atomic E-state index is 0.0868. The molecule has 0 aliphatic heterocycles. The highest BCUT2D eigenvalue weighted by Crippen LogP contribution is 2.27. The number of hydrogen-bond donors (Lipinski definition) is 1. The number of nitrogens with two attached hydrogens (primary N) is 1. The molecule has 0 bridgehead atoms. The Morgan fingerprint density at radius 3 is 2.35 bits per heavy atom. The van der Waals surface area contributed by atoms with Crippen molar-refractivity contribution in [3.63, 3.8) is 0 Å². The summed E-state index contributed by atoms with van der Waals surface area (Å²) in [6.45, 7) is 6.43. The van der Waals surface area contributed by atoms with Crippen LogP contribution in [-0.4, -0.2) is 18.5 Å². The topological polar surface area (TPSA) is 29.3 Å². The van der Waals surface area contributed by atoms with Crippen molar-refractivity contribution in [3.8, 4) is 0 Å². The molecule has 4 heteroatoms. The fourth-order valence-corrected chi connectivity index (χ4v) is 3.63. The molecule has 0 fully saturated rings. The first-order valence-electron chi connectivity index (χ1n) is 6.65. The van der Waals surface area contributed by atoms with Crippen LogP contribution in [0.1, 0.15) is 24.3 Å². The summed E-state index contributed by atoms with van der Waals surface area (Å²) in [6, 6.07) is 12.2. The van der Waals surface area contributed by atoms with Gasteiger partial charge in [0.05, 0.1) is 4.34 Å². The average molecular weight is 309 g/mol.